The molecule has 0 bridgehead atoms. The van der Waals surface area contributed by atoms with Crippen molar-refractivity contribution in [3.05, 3.63) is 48.5 Å². The largest absolute Gasteiger partial charge is 0.0525 e. The number of hydrogen-bond donors (Lipinski definition) is 0. The highest BCUT2D eigenvalue weighted by Crippen LogP contribution is 2.57. The average molecular weight is 377 g/mol. The van der Waals surface area contributed by atoms with Crippen molar-refractivity contribution in [3.8, 4) is 0 Å². The van der Waals surface area contributed by atoms with E-state index in [0.717, 1.165) is 0 Å². The van der Waals surface area contributed by atoms with E-state index in [1.807, 2.05) is 43.2 Å². The normalized spacial score (nSPS) is 15.7. The van der Waals surface area contributed by atoms with Crippen LogP contribution >= 0.6 is 43.2 Å². The van der Waals surface area contributed by atoms with Gasteiger partial charge in [0.15, 0.2) is 0 Å². The van der Waals surface area contributed by atoms with Gasteiger partial charge in [-0.3, -0.25) is 0 Å². The Balaban J connectivity index is 1.92. The molecule has 2 aliphatic rings. The molecule has 0 nitrogen and oxygen atoms in total. The number of fused-ring (bicyclic) bond motifs is 2. The standard InChI is InChI=1S/C20H8S4/c1-5-13-19-14(22-21-13)7-3-11-12-4-8-16-20-15(23-24-16)6-2-10(18(12)20)9(1)17(11)19/h1-8H. The van der Waals surface area contributed by atoms with Crippen molar-refractivity contribution in [3.63, 3.8) is 0 Å². The molecule has 0 radical (unpaired) electrons. The maximum Gasteiger partial charge on any atom is 0.0276 e. The second-order valence-electron chi connectivity index (χ2n) is 6.28. The maximum atomic E-state index is 2.34. The van der Waals surface area contributed by atoms with E-state index in [4.69, 9.17) is 0 Å². The summed E-state index contributed by atoms with van der Waals surface area (Å²) in [5.74, 6) is 0. The van der Waals surface area contributed by atoms with Gasteiger partial charge in [0, 0.05) is 30.4 Å². The molecule has 0 amide bonds. The van der Waals surface area contributed by atoms with Gasteiger partial charge in [0.1, 0.15) is 0 Å². The van der Waals surface area contributed by atoms with Crippen molar-refractivity contribution in [2.45, 2.75) is 19.6 Å². The summed E-state index contributed by atoms with van der Waals surface area (Å²) < 4.78 is 0. The Morgan fingerprint density at radius 3 is 0.917 bits per heavy atom. The van der Waals surface area contributed by atoms with E-state index in [1.54, 1.807) is 0 Å². The zero-order valence-corrected chi connectivity index (χ0v) is 15.5. The number of hydrogen-bond acceptors (Lipinski definition) is 4. The third-order valence-corrected chi connectivity index (χ3v) is 10.1. The molecule has 0 atom stereocenters. The zero-order valence-electron chi connectivity index (χ0n) is 12.3. The highest BCUT2D eigenvalue weighted by molar-refractivity contribution is 8.77. The van der Waals surface area contributed by atoms with E-state index >= 15 is 0 Å². The van der Waals surface area contributed by atoms with Crippen molar-refractivity contribution < 1.29 is 0 Å². The van der Waals surface area contributed by atoms with Crippen molar-refractivity contribution in [1.29, 1.82) is 0 Å². The Morgan fingerprint density at radius 1 is 0.333 bits per heavy atom. The number of rotatable bonds is 0. The Hall–Kier alpha value is -1.20. The van der Waals surface area contributed by atoms with Gasteiger partial charge in [-0.1, -0.05) is 67.4 Å². The molecule has 5 aromatic carbocycles. The first-order valence-electron chi connectivity index (χ1n) is 7.79. The second-order valence-corrected chi connectivity index (χ2v) is 10.7. The molecule has 4 heteroatoms. The lowest BCUT2D eigenvalue weighted by Crippen LogP contribution is -1.88. The minimum atomic E-state index is 1.41. The Labute approximate surface area is 153 Å². The lowest BCUT2D eigenvalue weighted by Gasteiger charge is -2.15. The molecule has 2 aliphatic heterocycles. The van der Waals surface area contributed by atoms with Crippen molar-refractivity contribution >= 4 is 86.3 Å². The maximum absolute atomic E-state index is 2.34. The SMILES string of the molecule is c1cc2c3ccc4c5c(ccc(c6ccc7c(c1SS7)c26)c53)SS4. The van der Waals surface area contributed by atoms with E-state index in [0.29, 0.717) is 0 Å². The molecule has 0 saturated heterocycles. The minimum Gasteiger partial charge on any atom is -0.0525 e. The Morgan fingerprint density at radius 2 is 0.625 bits per heavy atom. The van der Waals surface area contributed by atoms with Gasteiger partial charge >= 0.3 is 0 Å². The van der Waals surface area contributed by atoms with Gasteiger partial charge in [0.05, 0.1) is 0 Å². The van der Waals surface area contributed by atoms with E-state index in [-0.39, 0.29) is 0 Å². The summed E-state index contributed by atoms with van der Waals surface area (Å²) in [5, 5.41) is 11.5. The monoisotopic (exact) mass is 376 g/mol. The summed E-state index contributed by atoms with van der Waals surface area (Å²) in [4.78, 5) is 5.66. The Kier molecular flexibility index (Phi) is 2.34. The van der Waals surface area contributed by atoms with Crippen LogP contribution in [0.1, 0.15) is 0 Å². The molecule has 0 fully saturated rings. The van der Waals surface area contributed by atoms with Crippen LogP contribution in [0.4, 0.5) is 0 Å². The molecule has 0 N–H and O–H groups in total. The molecular formula is C20H8S4. The van der Waals surface area contributed by atoms with Crippen molar-refractivity contribution in [2.75, 3.05) is 0 Å². The molecule has 0 aliphatic carbocycles. The molecule has 112 valence electrons. The zero-order chi connectivity index (χ0) is 15.4. The van der Waals surface area contributed by atoms with Crippen LogP contribution < -0.4 is 0 Å². The summed E-state index contributed by atoms with van der Waals surface area (Å²) in [6, 6.07) is 18.6. The van der Waals surface area contributed by atoms with Gasteiger partial charge in [0.2, 0.25) is 0 Å². The molecule has 7 rings (SSSR count). The molecule has 0 unspecified atom stereocenters. The van der Waals surface area contributed by atoms with E-state index in [1.165, 1.54) is 62.7 Å². The summed E-state index contributed by atoms with van der Waals surface area (Å²) in [5.41, 5.74) is 0. The summed E-state index contributed by atoms with van der Waals surface area (Å²) in [6.07, 6.45) is 0. The summed E-state index contributed by atoms with van der Waals surface area (Å²) in [7, 11) is 7.59. The molecule has 2 heterocycles. The first-order chi connectivity index (χ1) is 11.9. The third kappa shape index (κ3) is 1.38. The van der Waals surface area contributed by atoms with Crippen LogP contribution in [0.15, 0.2) is 68.1 Å². The van der Waals surface area contributed by atoms with Crippen molar-refractivity contribution in [2.24, 2.45) is 0 Å². The molecule has 0 spiro atoms. The molecular weight excluding hydrogens is 368 g/mol. The quantitative estimate of drug-likeness (QED) is 0.153. The van der Waals surface area contributed by atoms with Crippen LogP contribution in [0.25, 0.3) is 43.1 Å². The highest BCUT2D eigenvalue weighted by atomic mass is 33.1. The lowest BCUT2D eigenvalue weighted by atomic mass is 9.90. The smallest absolute Gasteiger partial charge is 0.0276 e. The topological polar surface area (TPSA) is 0 Å². The average Bonchev–Trinajstić information content (AvgIpc) is 3.24. The van der Waals surface area contributed by atoms with Gasteiger partial charge in [0.25, 0.3) is 0 Å². The predicted octanol–water partition coefficient (Wildman–Crippen LogP) is 7.96. The van der Waals surface area contributed by atoms with E-state index in [2.05, 4.69) is 48.5 Å². The fourth-order valence-corrected chi connectivity index (χ4v) is 9.13. The van der Waals surface area contributed by atoms with Crippen LogP contribution in [0.3, 0.4) is 0 Å². The predicted molar refractivity (Wildman–Crippen MR) is 111 cm³/mol. The number of benzene rings is 5. The fraction of sp³-hybridized carbons (Fsp3) is 0. The first-order valence-corrected chi connectivity index (χ1v) is 12.1. The lowest BCUT2D eigenvalue weighted by molar-refractivity contribution is 1.48. The van der Waals surface area contributed by atoms with Crippen LogP contribution in [-0.2, 0) is 0 Å². The minimum absolute atomic E-state index is 1.41. The molecule has 0 aromatic heterocycles. The summed E-state index contributed by atoms with van der Waals surface area (Å²) >= 11 is 0. The molecule has 5 aromatic rings. The van der Waals surface area contributed by atoms with Crippen molar-refractivity contribution in [1.82, 2.24) is 0 Å². The van der Waals surface area contributed by atoms with Gasteiger partial charge in [-0.25, -0.2) is 0 Å². The molecule has 24 heavy (non-hydrogen) atoms. The van der Waals surface area contributed by atoms with Crippen LogP contribution in [-0.4, -0.2) is 0 Å². The van der Waals surface area contributed by atoms with Gasteiger partial charge < -0.3 is 0 Å². The highest BCUT2D eigenvalue weighted by Gasteiger charge is 2.24. The second kappa shape index (κ2) is 4.31. The van der Waals surface area contributed by atoms with Gasteiger partial charge in [-0.05, 0) is 56.6 Å². The van der Waals surface area contributed by atoms with E-state index in [9.17, 15) is 0 Å². The fourth-order valence-electron chi connectivity index (χ4n) is 4.22. The van der Waals surface area contributed by atoms with Crippen LogP contribution in [0.5, 0.6) is 0 Å². The third-order valence-electron chi connectivity index (χ3n) is 5.19. The van der Waals surface area contributed by atoms with E-state index < -0.39 is 0 Å². The first kappa shape index (κ1) is 13.1. The van der Waals surface area contributed by atoms with Gasteiger partial charge in [-0.15, -0.1) is 0 Å². The van der Waals surface area contributed by atoms with Crippen LogP contribution in [0, 0.1) is 0 Å². The Bertz CT molecular complexity index is 1150. The summed E-state index contributed by atoms with van der Waals surface area (Å²) in [6.45, 7) is 0. The molecule has 0 saturated carbocycles. The van der Waals surface area contributed by atoms with Gasteiger partial charge in [-0.2, -0.15) is 0 Å². The van der Waals surface area contributed by atoms with Crippen LogP contribution in [0.2, 0.25) is 0 Å².